The molecule has 35 heavy (non-hydrogen) atoms. The van der Waals surface area contributed by atoms with Crippen molar-refractivity contribution >= 4 is 17.5 Å². The fourth-order valence-corrected chi connectivity index (χ4v) is 4.04. The molecule has 0 spiro atoms. The predicted octanol–water partition coefficient (Wildman–Crippen LogP) is 5.11. The molecule has 0 amide bonds. The standard InChI is InChI=1S/C29H42O6/c1-20(2)17-25(31)28(34)23(5)12-8-11-21(3)9-7-10-22(4)15-16-29(19-27(33)35-6)18-24(30)13-14-26(29)32/h9,12-15,17,25,28,31,34H,7-8,10-11,16,18-19H2,1-6H3. The van der Waals surface area contributed by atoms with Gasteiger partial charge in [-0.1, -0.05) is 41.0 Å². The van der Waals surface area contributed by atoms with Gasteiger partial charge in [0.2, 0.25) is 0 Å². The number of aliphatic hydroxyl groups excluding tert-OH is 2. The van der Waals surface area contributed by atoms with Crippen molar-refractivity contribution in [2.24, 2.45) is 5.41 Å². The van der Waals surface area contributed by atoms with Crippen molar-refractivity contribution in [2.45, 2.75) is 91.8 Å². The van der Waals surface area contributed by atoms with E-state index in [1.165, 1.54) is 24.8 Å². The summed E-state index contributed by atoms with van der Waals surface area (Å²) >= 11 is 0. The molecule has 0 aromatic rings. The van der Waals surface area contributed by atoms with E-state index in [4.69, 9.17) is 4.74 Å². The second-order valence-corrected chi connectivity index (χ2v) is 9.88. The number of carbonyl (C=O) groups excluding carboxylic acids is 3. The number of esters is 1. The van der Waals surface area contributed by atoms with Gasteiger partial charge in [-0.25, -0.2) is 0 Å². The van der Waals surface area contributed by atoms with Crippen molar-refractivity contribution in [1.29, 1.82) is 0 Å². The van der Waals surface area contributed by atoms with Gasteiger partial charge in [0.15, 0.2) is 11.6 Å². The Labute approximate surface area is 210 Å². The molecular weight excluding hydrogens is 444 g/mol. The van der Waals surface area contributed by atoms with Gasteiger partial charge in [-0.05, 0) is 84.4 Å². The van der Waals surface area contributed by atoms with Crippen molar-refractivity contribution in [3.63, 3.8) is 0 Å². The Hall–Kier alpha value is -2.57. The highest BCUT2D eigenvalue weighted by Gasteiger charge is 2.42. The van der Waals surface area contributed by atoms with Crippen molar-refractivity contribution in [2.75, 3.05) is 7.11 Å². The largest absolute Gasteiger partial charge is 0.469 e. The van der Waals surface area contributed by atoms with Gasteiger partial charge in [0.25, 0.3) is 0 Å². The van der Waals surface area contributed by atoms with E-state index in [1.54, 1.807) is 6.08 Å². The molecule has 3 unspecified atom stereocenters. The molecule has 6 nitrogen and oxygen atoms in total. The van der Waals surface area contributed by atoms with Crippen LogP contribution in [-0.4, -0.2) is 47.1 Å². The lowest BCUT2D eigenvalue weighted by molar-refractivity contribution is -0.147. The molecule has 1 aliphatic rings. The van der Waals surface area contributed by atoms with Crippen LogP contribution in [0, 0.1) is 5.41 Å². The van der Waals surface area contributed by atoms with Crippen LogP contribution in [0.2, 0.25) is 0 Å². The molecule has 6 heteroatoms. The van der Waals surface area contributed by atoms with Crippen LogP contribution in [0.1, 0.15) is 79.6 Å². The van der Waals surface area contributed by atoms with Crippen LogP contribution in [0.3, 0.4) is 0 Å². The van der Waals surface area contributed by atoms with Gasteiger partial charge in [0, 0.05) is 6.42 Å². The quantitative estimate of drug-likeness (QED) is 0.277. The maximum atomic E-state index is 12.6. The summed E-state index contributed by atoms with van der Waals surface area (Å²) in [5, 5.41) is 20.2. The highest BCUT2D eigenvalue weighted by Crippen LogP contribution is 2.37. The zero-order valence-electron chi connectivity index (χ0n) is 22.1. The topological polar surface area (TPSA) is 101 Å². The fraction of sp³-hybridized carbons (Fsp3) is 0.552. The number of aliphatic hydroxyl groups is 2. The van der Waals surface area contributed by atoms with E-state index in [1.807, 2.05) is 39.8 Å². The normalized spacial score (nSPS) is 21.1. The summed E-state index contributed by atoms with van der Waals surface area (Å²) in [6.07, 6.45) is 12.1. The van der Waals surface area contributed by atoms with Gasteiger partial charge in [0.05, 0.1) is 18.9 Å². The molecular formula is C29H42O6. The highest BCUT2D eigenvalue weighted by atomic mass is 16.5. The molecule has 0 saturated heterocycles. The highest BCUT2D eigenvalue weighted by molar-refractivity contribution is 6.09. The van der Waals surface area contributed by atoms with Gasteiger partial charge in [-0.15, -0.1) is 0 Å². The molecule has 0 aromatic heterocycles. The molecule has 0 bridgehead atoms. The summed E-state index contributed by atoms with van der Waals surface area (Å²) < 4.78 is 4.76. The number of allylic oxidation sites excluding steroid dienone is 8. The average molecular weight is 487 g/mol. The summed E-state index contributed by atoms with van der Waals surface area (Å²) in [7, 11) is 1.28. The van der Waals surface area contributed by atoms with Crippen LogP contribution in [0.25, 0.3) is 0 Å². The van der Waals surface area contributed by atoms with Gasteiger partial charge in [0.1, 0.15) is 12.2 Å². The van der Waals surface area contributed by atoms with Gasteiger partial charge < -0.3 is 14.9 Å². The third kappa shape index (κ3) is 10.7. The number of rotatable bonds is 13. The van der Waals surface area contributed by atoms with E-state index in [-0.39, 0.29) is 24.4 Å². The van der Waals surface area contributed by atoms with Crippen molar-refractivity contribution in [3.8, 4) is 0 Å². The summed E-state index contributed by atoms with van der Waals surface area (Å²) in [6, 6.07) is 0. The molecule has 0 radical (unpaired) electrons. The third-order valence-corrected chi connectivity index (χ3v) is 6.34. The van der Waals surface area contributed by atoms with E-state index in [9.17, 15) is 24.6 Å². The van der Waals surface area contributed by atoms with E-state index in [2.05, 4.69) is 13.0 Å². The first-order valence-corrected chi connectivity index (χ1v) is 12.2. The van der Waals surface area contributed by atoms with Crippen LogP contribution in [0.15, 0.2) is 58.7 Å². The van der Waals surface area contributed by atoms with Gasteiger partial charge in [-0.2, -0.15) is 0 Å². The Morgan fingerprint density at radius 3 is 2.20 bits per heavy atom. The van der Waals surface area contributed by atoms with Crippen LogP contribution in [0.4, 0.5) is 0 Å². The van der Waals surface area contributed by atoms with Crippen LogP contribution >= 0.6 is 0 Å². The minimum Gasteiger partial charge on any atom is -0.469 e. The minimum absolute atomic E-state index is 0.0211. The molecule has 0 aliphatic heterocycles. The third-order valence-electron chi connectivity index (χ3n) is 6.34. The van der Waals surface area contributed by atoms with Crippen LogP contribution in [-0.2, 0) is 19.1 Å². The molecule has 1 rings (SSSR count). The molecule has 194 valence electrons. The molecule has 0 fully saturated rings. The summed E-state index contributed by atoms with van der Waals surface area (Å²) in [5.41, 5.74) is 3.00. The number of carbonyl (C=O) groups is 3. The first-order chi connectivity index (χ1) is 16.4. The number of ether oxygens (including phenoxy) is 1. The second-order valence-electron chi connectivity index (χ2n) is 9.88. The molecule has 3 atom stereocenters. The molecule has 1 aliphatic carbocycles. The first kappa shape index (κ1) is 30.5. The molecule has 0 aromatic carbocycles. The van der Waals surface area contributed by atoms with Gasteiger partial charge in [-0.3, -0.25) is 14.4 Å². The predicted molar refractivity (Wildman–Crippen MR) is 139 cm³/mol. The zero-order valence-corrected chi connectivity index (χ0v) is 22.1. The summed E-state index contributed by atoms with van der Waals surface area (Å²) in [4.78, 5) is 36.5. The summed E-state index contributed by atoms with van der Waals surface area (Å²) in [6.45, 7) is 9.65. The maximum Gasteiger partial charge on any atom is 0.306 e. The maximum absolute atomic E-state index is 12.6. The lowest BCUT2D eigenvalue weighted by atomic mass is 9.70. The molecule has 0 saturated carbocycles. The minimum atomic E-state index is -1.06. The lowest BCUT2D eigenvalue weighted by Gasteiger charge is -2.30. The molecule has 2 N–H and O–H groups in total. The van der Waals surface area contributed by atoms with Crippen LogP contribution < -0.4 is 0 Å². The van der Waals surface area contributed by atoms with Crippen LogP contribution in [0.5, 0.6) is 0 Å². The lowest BCUT2D eigenvalue weighted by Crippen LogP contribution is -2.37. The number of ketones is 2. The van der Waals surface area contributed by atoms with E-state index in [0.29, 0.717) is 6.42 Å². The zero-order chi connectivity index (χ0) is 26.6. The van der Waals surface area contributed by atoms with E-state index in [0.717, 1.165) is 42.4 Å². The number of hydrogen-bond donors (Lipinski definition) is 2. The Morgan fingerprint density at radius 1 is 1.00 bits per heavy atom. The number of methoxy groups -OCH3 is 1. The SMILES string of the molecule is COC(=O)CC1(CC=C(C)CCC=C(C)CCC=C(C)C(O)C(O)C=C(C)C)CC(=O)C=CC1=O. The second kappa shape index (κ2) is 14.7. The Bertz CT molecular complexity index is 913. The smallest absolute Gasteiger partial charge is 0.306 e. The van der Waals surface area contributed by atoms with E-state index >= 15 is 0 Å². The number of hydrogen-bond acceptors (Lipinski definition) is 6. The van der Waals surface area contributed by atoms with Gasteiger partial charge >= 0.3 is 5.97 Å². The monoisotopic (exact) mass is 486 g/mol. The average Bonchev–Trinajstić information content (AvgIpc) is 2.79. The molecule has 0 heterocycles. The first-order valence-electron chi connectivity index (χ1n) is 12.2. The fourth-order valence-electron chi connectivity index (χ4n) is 4.04. The van der Waals surface area contributed by atoms with Crippen molar-refractivity contribution < 1.29 is 29.3 Å². The Morgan fingerprint density at radius 2 is 1.60 bits per heavy atom. The van der Waals surface area contributed by atoms with Crippen molar-refractivity contribution in [3.05, 3.63) is 58.7 Å². The Kier molecular flexibility index (Phi) is 12.8. The van der Waals surface area contributed by atoms with E-state index < -0.39 is 23.6 Å². The van der Waals surface area contributed by atoms with Crippen molar-refractivity contribution in [1.82, 2.24) is 0 Å². The summed E-state index contributed by atoms with van der Waals surface area (Å²) in [5.74, 6) is -0.847. The Balaban J connectivity index is 2.63.